The van der Waals surface area contributed by atoms with E-state index < -0.39 is 17.4 Å². The predicted octanol–water partition coefficient (Wildman–Crippen LogP) is 3.97. The van der Waals surface area contributed by atoms with Crippen molar-refractivity contribution in [2.24, 2.45) is 0 Å². The Hall–Kier alpha value is -1.75. The second-order valence-corrected chi connectivity index (χ2v) is 4.69. The van der Waals surface area contributed by atoms with Gasteiger partial charge < -0.3 is 4.74 Å². The minimum Gasteiger partial charge on any atom is -0.494 e. The van der Waals surface area contributed by atoms with Gasteiger partial charge in [-0.05, 0) is 30.3 Å². The van der Waals surface area contributed by atoms with Crippen LogP contribution < -0.4 is 4.74 Å². The Bertz CT molecular complexity index is 641. The van der Waals surface area contributed by atoms with Gasteiger partial charge in [0.2, 0.25) is 0 Å². The summed E-state index contributed by atoms with van der Waals surface area (Å²) in [5.41, 5.74) is -0.419. The summed E-state index contributed by atoms with van der Waals surface area (Å²) in [6.45, 7) is 0. The van der Waals surface area contributed by atoms with Gasteiger partial charge >= 0.3 is 0 Å². The molecule has 2 aromatic carbocycles. The lowest BCUT2D eigenvalue weighted by atomic mass is 10.0. The molecule has 0 amide bonds. The Morgan fingerprint density at radius 3 is 2.58 bits per heavy atom. The van der Waals surface area contributed by atoms with Crippen molar-refractivity contribution in [3.63, 3.8) is 0 Å². The Balaban J connectivity index is 2.53. The van der Waals surface area contributed by atoms with Crippen molar-refractivity contribution in [3.05, 3.63) is 63.6 Å². The summed E-state index contributed by atoms with van der Waals surface area (Å²) in [6.07, 6.45) is 0. The standard InChI is InChI=1S/C14H9BrF2O2/c1-19-12-4-2-3-9(13(12)17)14(18)10-7-8(15)5-6-11(10)16/h2-7H,1H3. The lowest BCUT2D eigenvalue weighted by Gasteiger charge is -2.07. The maximum Gasteiger partial charge on any atom is 0.199 e. The molecule has 98 valence electrons. The zero-order chi connectivity index (χ0) is 14.0. The lowest BCUT2D eigenvalue weighted by Crippen LogP contribution is -2.07. The molecule has 0 saturated carbocycles. The molecule has 0 aromatic heterocycles. The molecule has 0 aliphatic carbocycles. The van der Waals surface area contributed by atoms with E-state index in [1.54, 1.807) is 0 Å². The van der Waals surface area contributed by atoms with E-state index in [1.165, 1.54) is 37.4 Å². The first kappa shape index (κ1) is 13.7. The van der Waals surface area contributed by atoms with E-state index in [4.69, 9.17) is 4.74 Å². The Morgan fingerprint density at radius 1 is 1.16 bits per heavy atom. The van der Waals surface area contributed by atoms with Gasteiger partial charge in [-0.2, -0.15) is 0 Å². The van der Waals surface area contributed by atoms with Crippen LogP contribution in [0.25, 0.3) is 0 Å². The summed E-state index contributed by atoms with van der Waals surface area (Å²) in [6, 6.07) is 8.09. The summed E-state index contributed by atoms with van der Waals surface area (Å²) in [4.78, 5) is 12.2. The number of rotatable bonds is 3. The van der Waals surface area contributed by atoms with Crippen molar-refractivity contribution in [3.8, 4) is 5.75 Å². The molecule has 2 aromatic rings. The highest BCUT2D eigenvalue weighted by Gasteiger charge is 2.20. The van der Waals surface area contributed by atoms with E-state index in [9.17, 15) is 13.6 Å². The van der Waals surface area contributed by atoms with Crippen LogP contribution in [0.2, 0.25) is 0 Å². The second-order valence-electron chi connectivity index (χ2n) is 3.78. The summed E-state index contributed by atoms with van der Waals surface area (Å²) >= 11 is 3.15. The fourth-order valence-electron chi connectivity index (χ4n) is 1.66. The number of carbonyl (C=O) groups excluding carboxylic acids is 1. The van der Waals surface area contributed by atoms with Crippen LogP contribution in [-0.2, 0) is 0 Å². The molecule has 2 rings (SSSR count). The third-order valence-corrected chi connectivity index (χ3v) is 3.09. The number of hydrogen-bond acceptors (Lipinski definition) is 2. The molecule has 0 N–H and O–H groups in total. The SMILES string of the molecule is COc1cccc(C(=O)c2cc(Br)ccc2F)c1F. The molecule has 5 heteroatoms. The number of carbonyl (C=O) groups is 1. The molecule has 0 aliphatic heterocycles. The van der Waals surface area contributed by atoms with Gasteiger partial charge in [-0.1, -0.05) is 22.0 Å². The number of methoxy groups -OCH3 is 1. The molecule has 2 nitrogen and oxygen atoms in total. The van der Waals surface area contributed by atoms with Crippen LogP contribution in [0.15, 0.2) is 40.9 Å². The third kappa shape index (κ3) is 2.66. The van der Waals surface area contributed by atoms with Crippen LogP contribution in [0.3, 0.4) is 0 Å². The fourth-order valence-corrected chi connectivity index (χ4v) is 2.02. The van der Waals surface area contributed by atoms with Crippen molar-refractivity contribution in [2.45, 2.75) is 0 Å². The zero-order valence-corrected chi connectivity index (χ0v) is 11.5. The molecule has 0 spiro atoms. The zero-order valence-electron chi connectivity index (χ0n) is 9.91. The third-order valence-electron chi connectivity index (χ3n) is 2.60. The first-order chi connectivity index (χ1) is 9.04. The number of ether oxygens (including phenoxy) is 1. The van der Waals surface area contributed by atoms with Gasteiger partial charge in [-0.25, -0.2) is 8.78 Å². The largest absolute Gasteiger partial charge is 0.494 e. The monoisotopic (exact) mass is 326 g/mol. The molecule has 19 heavy (non-hydrogen) atoms. The van der Waals surface area contributed by atoms with Crippen molar-refractivity contribution >= 4 is 21.7 Å². The van der Waals surface area contributed by atoms with Gasteiger partial charge in [0.1, 0.15) is 5.82 Å². The van der Waals surface area contributed by atoms with E-state index in [-0.39, 0.29) is 16.9 Å². The molecular weight excluding hydrogens is 318 g/mol. The van der Waals surface area contributed by atoms with Crippen molar-refractivity contribution < 1.29 is 18.3 Å². The Kier molecular flexibility index (Phi) is 3.95. The van der Waals surface area contributed by atoms with Gasteiger partial charge in [0.25, 0.3) is 0 Å². The van der Waals surface area contributed by atoms with E-state index >= 15 is 0 Å². The smallest absolute Gasteiger partial charge is 0.199 e. The highest BCUT2D eigenvalue weighted by molar-refractivity contribution is 9.10. The predicted molar refractivity (Wildman–Crippen MR) is 70.5 cm³/mol. The van der Waals surface area contributed by atoms with Crippen LogP contribution in [0.4, 0.5) is 8.78 Å². The summed E-state index contributed by atoms with van der Waals surface area (Å²) in [7, 11) is 1.30. The summed E-state index contributed by atoms with van der Waals surface area (Å²) < 4.78 is 32.9. The van der Waals surface area contributed by atoms with Crippen LogP contribution in [0, 0.1) is 11.6 Å². The van der Waals surface area contributed by atoms with Crippen LogP contribution in [0.1, 0.15) is 15.9 Å². The van der Waals surface area contributed by atoms with Gasteiger partial charge in [-0.15, -0.1) is 0 Å². The number of halogens is 3. The quantitative estimate of drug-likeness (QED) is 0.798. The van der Waals surface area contributed by atoms with E-state index in [2.05, 4.69) is 15.9 Å². The average molecular weight is 327 g/mol. The molecule has 0 saturated heterocycles. The number of benzene rings is 2. The summed E-state index contributed by atoms with van der Waals surface area (Å²) in [5, 5.41) is 0. The molecule has 0 heterocycles. The number of ketones is 1. The van der Waals surface area contributed by atoms with Gasteiger partial charge in [-0.3, -0.25) is 4.79 Å². The number of hydrogen-bond donors (Lipinski definition) is 0. The van der Waals surface area contributed by atoms with Crippen LogP contribution in [-0.4, -0.2) is 12.9 Å². The lowest BCUT2D eigenvalue weighted by molar-refractivity contribution is 0.103. The van der Waals surface area contributed by atoms with Crippen molar-refractivity contribution in [1.82, 2.24) is 0 Å². The minimum absolute atomic E-state index is 0.0544. The Labute approximate surface area is 117 Å². The molecule has 0 unspecified atom stereocenters. The van der Waals surface area contributed by atoms with Crippen molar-refractivity contribution in [2.75, 3.05) is 7.11 Å². The van der Waals surface area contributed by atoms with E-state index in [1.807, 2.05) is 0 Å². The topological polar surface area (TPSA) is 26.3 Å². The van der Waals surface area contributed by atoms with E-state index in [0.717, 1.165) is 6.07 Å². The van der Waals surface area contributed by atoms with Crippen LogP contribution >= 0.6 is 15.9 Å². The minimum atomic E-state index is -0.797. The molecule has 0 bridgehead atoms. The van der Waals surface area contributed by atoms with E-state index in [0.29, 0.717) is 4.47 Å². The molecule has 0 aliphatic rings. The molecule has 0 radical (unpaired) electrons. The van der Waals surface area contributed by atoms with Gasteiger partial charge in [0.05, 0.1) is 18.2 Å². The molecular formula is C14H9BrF2O2. The van der Waals surface area contributed by atoms with Gasteiger partial charge in [0.15, 0.2) is 17.3 Å². The first-order valence-electron chi connectivity index (χ1n) is 5.37. The highest BCUT2D eigenvalue weighted by atomic mass is 79.9. The van der Waals surface area contributed by atoms with Crippen molar-refractivity contribution in [1.29, 1.82) is 0 Å². The average Bonchev–Trinajstić information content (AvgIpc) is 2.41. The first-order valence-corrected chi connectivity index (χ1v) is 6.16. The maximum atomic E-state index is 14.0. The second kappa shape index (κ2) is 5.48. The summed E-state index contributed by atoms with van der Waals surface area (Å²) in [5.74, 6) is -2.28. The maximum absolute atomic E-state index is 14.0. The highest BCUT2D eigenvalue weighted by Crippen LogP contribution is 2.24. The normalized spacial score (nSPS) is 10.3. The van der Waals surface area contributed by atoms with Gasteiger partial charge in [0, 0.05) is 4.47 Å². The Morgan fingerprint density at radius 2 is 1.89 bits per heavy atom. The fraction of sp³-hybridized carbons (Fsp3) is 0.0714. The van der Waals surface area contributed by atoms with Crippen LogP contribution in [0.5, 0.6) is 5.75 Å². The molecule has 0 fully saturated rings. The molecule has 0 atom stereocenters.